The summed E-state index contributed by atoms with van der Waals surface area (Å²) in [5.41, 5.74) is 0.791. The van der Waals surface area contributed by atoms with Crippen molar-refractivity contribution in [2.24, 2.45) is 10.9 Å². The molecule has 2 N–H and O–H groups in total. The summed E-state index contributed by atoms with van der Waals surface area (Å²) in [5, 5.41) is 9.00. The van der Waals surface area contributed by atoms with Gasteiger partial charge in [-0.15, -0.1) is 11.3 Å². The number of benzene rings is 2. The van der Waals surface area contributed by atoms with Crippen LogP contribution in [0.4, 0.5) is 5.82 Å². The van der Waals surface area contributed by atoms with Crippen molar-refractivity contribution in [2.75, 3.05) is 32.8 Å². The van der Waals surface area contributed by atoms with E-state index < -0.39 is 5.54 Å². The van der Waals surface area contributed by atoms with Gasteiger partial charge in [-0.3, -0.25) is 10.1 Å². The maximum Gasteiger partial charge on any atom is 0.292 e. The number of carbonyl (C=O) groups is 1. The van der Waals surface area contributed by atoms with Gasteiger partial charge in [-0.05, 0) is 37.6 Å². The molecule has 0 bridgehead atoms. The molecule has 2 aliphatic rings. The predicted molar refractivity (Wildman–Crippen MR) is 141 cm³/mol. The van der Waals surface area contributed by atoms with Crippen molar-refractivity contribution in [3.05, 3.63) is 70.0 Å². The fourth-order valence-corrected chi connectivity index (χ4v) is 5.60. The number of fused-ring (bicyclic) bond motifs is 1. The molecule has 37 heavy (non-hydrogen) atoms. The first-order valence-corrected chi connectivity index (χ1v) is 13.0. The van der Waals surface area contributed by atoms with Gasteiger partial charge in [0.2, 0.25) is 0 Å². The van der Waals surface area contributed by atoms with E-state index in [1.165, 1.54) is 11.3 Å². The van der Waals surface area contributed by atoms with Crippen molar-refractivity contribution in [1.82, 2.24) is 10.3 Å². The number of anilines is 1. The normalized spacial score (nSPS) is 22.7. The minimum atomic E-state index is -0.730. The molecule has 2 unspecified atom stereocenters. The van der Waals surface area contributed by atoms with Crippen LogP contribution in [0.2, 0.25) is 0 Å². The Labute approximate surface area is 219 Å². The van der Waals surface area contributed by atoms with E-state index in [1.54, 1.807) is 26.4 Å². The predicted octanol–water partition coefficient (Wildman–Crippen LogP) is 4.21. The Morgan fingerprint density at radius 2 is 2.03 bits per heavy atom. The minimum absolute atomic E-state index is 0.0781. The van der Waals surface area contributed by atoms with Crippen LogP contribution in [-0.4, -0.2) is 50.5 Å². The largest absolute Gasteiger partial charge is 0.497 e. The molecule has 0 aliphatic carbocycles. The van der Waals surface area contributed by atoms with Gasteiger partial charge in [0.05, 0.1) is 33.5 Å². The van der Waals surface area contributed by atoms with Crippen LogP contribution >= 0.6 is 11.3 Å². The van der Waals surface area contributed by atoms with Gasteiger partial charge in [0, 0.05) is 35.0 Å². The second kappa shape index (κ2) is 10.8. The van der Waals surface area contributed by atoms with E-state index in [4.69, 9.17) is 28.9 Å². The molecule has 1 saturated heterocycles. The minimum Gasteiger partial charge on any atom is -0.497 e. The molecule has 2 aliphatic heterocycles. The van der Waals surface area contributed by atoms with Gasteiger partial charge >= 0.3 is 0 Å². The third-order valence-electron chi connectivity index (χ3n) is 6.69. The number of rotatable bonds is 7. The number of aromatic nitrogens is 1. The molecule has 0 spiro atoms. The topological polar surface area (TPSA) is 103 Å². The van der Waals surface area contributed by atoms with Crippen molar-refractivity contribution in [1.29, 1.82) is 0 Å². The van der Waals surface area contributed by atoms with E-state index in [1.807, 2.05) is 41.8 Å². The molecule has 0 saturated carbocycles. The Bertz CT molecular complexity index is 1280. The zero-order chi connectivity index (χ0) is 25.8. The highest BCUT2D eigenvalue weighted by Gasteiger charge is 2.50. The lowest BCUT2D eigenvalue weighted by atomic mass is 9.79. The average molecular weight is 523 g/mol. The molecule has 3 heterocycles. The standard InChI is InChI=1S/C27H30N4O5S/c1-17-11-20-14-35-26(30-24(32)18-7-5-4-6-8-18)31-27(20,16-36-17)25-29-23(15-37-25)28-13-19-9-10-21(33-2)12-22(19)34-3/h4-10,12,15,17,20,28H,11,13-14,16H2,1-3H3,(H,30,31,32)/t17-,20?,27?/m0/s1. The summed E-state index contributed by atoms with van der Waals surface area (Å²) in [4.78, 5) is 22.5. The number of hydrogen-bond acceptors (Lipinski definition) is 9. The van der Waals surface area contributed by atoms with Crippen LogP contribution in [0.1, 0.15) is 34.3 Å². The number of amidine groups is 1. The van der Waals surface area contributed by atoms with Crippen molar-refractivity contribution in [3.8, 4) is 11.5 Å². The average Bonchev–Trinajstić information content (AvgIpc) is 3.42. The Kier molecular flexibility index (Phi) is 7.29. The lowest BCUT2D eigenvalue weighted by Crippen LogP contribution is -2.52. The number of carbonyl (C=O) groups excluding carboxylic acids is 1. The Morgan fingerprint density at radius 1 is 1.19 bits per heavy atom. The van der Waals surface area contributed by atoms with Crippen LogP contribution in [0, 0.1) is 5.92 Å². The van der Waals surface area contributed by atoms with Crippen molar-refractivity contribution < 1.29 is 23.7 Å². The SMILES string of the molecule is COc1ccc(CNc2csc(C34CO[C@@H](C)CC3COC(NC(=O)c3ccccc3)=N4)n2)c(OC)c1. The van der Waals surface area contributed by atoms with Crippen molar-refractivity contribution >= 4 is 29.1 Å². The Morgan fingerprint density at radius 3 is 2.81 bits per heavy atom. The van der Waals surface area contributed by atoms with Gasteiger partial charge in [0.15, 0.2) is 0 Å². The number of hydrogen-bond donors (Lipinski definition) is 2. The van der Waals surface area contributed by atoms with Crippen LogP contribution in [0.5, 0.6) is 11.5 Å². The maximum atomic E-state index is 12.7. The van der Waals surface area contributed by atoms with Crippen LogP contribution in [0.25, 0.3) is 0 Å². The molecule has 3 atom stereocenters. The van der Waals surface area contributed by atoms with E-state index in [0.717, 1.165) is 34.3 Å². The van der Waals surface area contributed by atoms with E-state index >= 15 is 0 Å². The third kappa shape index (κ3) is 5.26. The van der Waals surface area contributed by atoms with Gasteiger partial charge in [0.25, 0.3) is 11.9 Å². The Hall–Kier alpha value is -3.63. The number of nitrogens with one attached hydrogen (secondary N) is 2. The monoisotopic (exact) mass is 522 g/mol. The third-order valence-corrected chi connectivity index (χ3v) is 7.70. The fourth-order valence-electron chi connectivity index (χ4n) is 4.62. The molecule has 9 nitrogen and oxygen atoms in total. The first kappa shape index (κ1) is 25.0. The second-order valence-electron chi connectivity index (χ2n) is 9.10. The van der Waals surface area contributed by atoms with Gasteiger partial charge in [-0.2, -0.15) is 0 Å². The summed E-state index contributed by atoms with van der Waals surface area (Å²) in [5.74, 6) is 2.02. The number of methoxy groups -OCH3 is 2. The molecule has 1 fully saturated rings. The summed E-state index contributed by atoms with van der Waals surface area (Å²) in [6, 6.07) is 14.9. The van der Waals surface area contributed by atoms with Crippen LogP contribution in [0.3, 0.4) is 0 Å². The molecule has 3 aromatic rings. The van der Waals surface area contributed by atoms with E-state index in [0.29, 0.717) is 25.3 Å². The molecule has 2 aromatic carbocycles. The van der Waals surface area contributed by atoms with Gasteiger partial charge in [-0.25, -0.2) is 9.98 Å². The highest BCUT2D eigenvalue weighted by atomic mass is 32.1. The number of thiazole rings is 1. The number of ether oxygens (including phenoxy) is 4. The van der Waals surface area contributed by atoms with E-state index in [-0.39, 0.29) is 24.0 Å². The first-order valence-electron chi connectivity index (χ1n) is 12.1. The summed E-state index contributed by atoms with van der Waals surface area (Å²) in [6.07, 6.45) is 0.881. The summed E-state index contributed by atoms with van der Waals surface area (Å²) < 4.78 is 22.8. The zero-order valence-corrected chi connectivity index (χ0v) is 21.8. The van der Waals surface area contributed by atoms with Gasteiger partial charge < -0.3 is 24.3 Å². The molecule has 194 valence electrons. The smallest absolute Gasteiger partial charge is 0.292 e. The highest BCUT2D eigenvalue weighted by molar-refractivity contribution is 7.10. The van der Waals surface area contributed by atoms with E-state index in [2.05, 4.69) is 17.6 Å². The number of aliphatic imine (C=N–C) groups is 1. The van der Waals surface area contributed by atoms with Crippen LogP contribution in [0.15, 0.2) is 58.9 Å². The summed E-state index contributed by atoms with van der Waals surface area (Å²) in [6.45, 7) is 3.38. The fraction of sp³-hybridized carbons (Fsp3) is 0.370. The lowest BCUT2D eigenvalue weighted by molar-refractivity contribution is -0.0739. The Balaban J connectivity index is 1.37. The summed E-state index contributed by atoms with van der Waals surface area (Å²) in [7, 11) is 3.27. The molecular formula is C27H30N4O5S. The molecule has 10 heteroatoms. The molecule has 1 amide bonds. The molecule has 1 aromatic heterocycles. The molecule has 5 rings (SSSR count). The zero-order valence-electron chi connectivity index (χ0n) is 21.0. The number of amides is 1. The first-order chi connectivity index (χ1) is 18.0. The van der Waals surface area contributed by atoms with Gasteiger partial charge in [0.1, 0.15) is 27.9 Å². The molecule has 0 radical (unpaired) electrons. The quantitative estimate of drug-likeness (QED) is 0.479. The maximum absolute atomic E-state index is 12.7. The van der Waals surface area contributed by atoms with Crippen molar-refractivity contribution in [2.45, 2.75) is 31.5 Å². The van der Waals surface area contributed by atoms with E-state index in [9.17, 15) is 4.79 Å². The molecular weight excluding hydrogens is 492 g/mol. The van der Waals surface area contributed by atoms with Crippen LogP contribution < -0.4 is 20.1 Å². The summed E-state index contributed by atoms with van der Waals surface area (Å²) >= 11 is 1.52. The van der Waals surface area contributed by atoms with Gasteiger partial charge in [-0.1, -0.05) is 18.2 Å². The lowest BCUT2D eigenvalue weighted by Gasteiger charge is -2.44. The second-order valence-corrected chi connectivity index (χ2v) is 9.95. The number of nitrogens with zero attached hydrogens (tertiary/aromatic N) is 2. The highest BCUT2D eigenvalue weighted by Crippen LogP contribution is 2.45. The van der Waals surface area contributed by atoms with Crippen LogP contribution in [-0.2, 0) is 21.6 Å². The van der Waals surface area contributed by atoms with Crippen molar-refractivity contribution in [3.63, 3.8) is 0 Å².